The van der Waals surface area contributed by atoms with Crippen LogP contribution >= 0.6 is 12.0 Å². The molecule has 98 valence electrons. The van der Waals surface area contributed by atoms with Gasteiger partial charge in [0, 0.05) is 18.1 Å². The third-order valence-electron chi connectivity index (χ3n) is 2.53. The summed E-state index contributed by atoms with van der Waals surface area (Å²) in [7, 11) is 0. The van der Waals surface area contributed by atoms with Crippen LogP contribution in [0.4, 0.5) is 5.69 Å². The minimum Gasteiger partial charge on any atom is -0.310 e. The average molecular weight is 275 g/mol. The maximum absolute atomic E-state index is 10.8. The normalized spacial score (nSPS) is 10.3. The molecule has 0 aliphatic heterocycles. The lowest BCUT2D eigenvalue weighted by Crippen LogP contribution is -1.94. The number of benzene rings is 2. The highest BCUT2D eigenvalue weighted by Gasteiger charge is 2.13. The van der Waals surface area contributed by atoms with Gasteiger partial charge in [0.15, 0.2) is 0 Å². The number of rotatable bonds is 6. The summed E-state index contributed by atoms with van der Waals surface area (Å²) < 4.78 is 5.43. The molecule has 0 heterocycles. The van der Waals surface area contributed by atoms with E-state index in [-0.39, 0.29) is 5.69 Å². The highest BCUT2D eigenvalue weighted by atomic mass is 32.2. The van der Waals surface area contributed by atoms with Gasteiger partial charge in [-0.05, 0) is 18.1 Å². The summed E-state index contributed by atoms with van der Waals surface area (Å²) in [6.07, 6.45) is 0.786. The van der Waals surface area contributed by atoms with E-state index in [1.54, 1.807) is 18.2 Å². The average Bonchev–Trinajstić information content (AvgIpc) is 2.45. The summed E-state index contributed by atoms with van der Waals surface area (Å²) in [5, 5.41) is 10.8. The van der Waals surface area contributed by atoms with Gasteiger partial charge in [-0.15, -0.1) is 0 Å². The van der Waals surface area contributed by atoms with E-state index in [9.17, 15) is 10.1 Å². The molecule has 2 aromatic rings. The number of nitro groups is 1. The van der Waals surface area contributed by atoms with Crippen LogP contribution in [0.25, 0.3) is 0 Å². The predicted molar refractivity (Wildman–Crippen MR) is 75.1 cm³/mol. The Morgan fingerprint density at radius 1 is 1.05 bits per heavy atom. The van der Waals surface area contributed by atoms with Gasteiger partial charge in [0.25, 0.3) is 5.69 Å². The van der Waals surface area contributed by atoms with Crippen molar-refractivity contribution in [2.75, 3.05) is 6.61 Å². The second-order valence-corrected chi connectivity index (χ2v) is 4.71. The van der Waals surface area contributed by atoms with Gasteiger partial charge in [-0.2, -0.15) is 0 Å². The minimum atomic E-state index is -0.400. The van der Waals surface area contributed by atoms with Crippen LogP contribution in [0.3, 0.4) is 0 Å². The summed E-state index contributed by atoms with van der Waals surface area (Å²) in [5.41, 5.74) is 1.26. The largest absolute Gasteiger partial charge is 0.310 e. The quantitative estimate of drug-likeness (QED) is 0.347. The molecule has 0 bridgehead atoms. The maximum Gasteiger partial charge on any atom is 0.285 e. The zero-order chi connectivity index (χ0) is 13.5. The Bertz CT molecular complexity index is 545. The number of nitrogens with zero attached hydrogens (tertiary/aromatic N) is 1. The molecule has 0 saturated carbocycles. The van der Waals surface area contributed by atoms with Crippen molar-refractivity contribution in [3.63, 3.8) is 0 Å². The van der Waals surface area contributed by atoms with E-state index >= 15 is 0 Å². The van der Waals surface area contributed by atoms with E-state index in [1.807, 2.05) is 30.3 Å². The molecule has 0 aliphatic rings. The van der Waals surface area contributed by atoms with Crippen LogP contribution in [0.15, 0.2) is 59.5 Å². The third kappa shape index (κ3) is 4.08. The first kappa shape index (κ1) is 13.6. The van der Waals surface area contributed by atoms with Gasteiger partial charge >= 0.3 is 0 Å². The highest BCUT2D eigenvalue weighted by molar-refractivity contribution is 7.94. The number of hydrogen-bond acceptors (Lipinski definition) is 4. The smallest absolute Gasteiger partial charge is 0.285 e. The van der Waals surface area contributed by atoms with Crippen LogP contribution in [-0.4, -0.2) is 11.5 Å². The number of nitro benzene ring substituents is 1. The zero-order valence-corrected chi connectivity index (χ0v) is 11.0. The molecule has 0 saturated heterocycles. The lowest BCUT2D eigenvalue weighted by atomic mass is 10.2. The van der Waals surface area contributed by atoms with Crippen LogP contribution in [0.5, 0.6) is 0 Å². The molecule has 0 spiro atoms. The fourth-order valence-electron chi connectivity index (χ4n) is 1.59. The summed E-state index contributed by atoms with van der Waals surface area (Å²) in [6, 6.07) is 16.5. The summed E-state index contributed by atoms with van der Waals surface area (Å²) in [6.45, 7) is 0.515. The topological polar surface area (TPSA) is 52.4 Å². The molecule has 0 amide bonds. The summed E-state index contributed by atoms with van der Waals surface area (Å²) in [5.74, 6) is 0. The molecular weight excluding hydrogens is 262 g/mol. The maximum atomic E-state index is 10.8. The standard InChI is InChI=1S/C14H13NO3S/c16-15(17)13-8-4-5-9-14(13)19-18-11-10-12-6-2-1-3-7-12/h1-9H,10-11H2. The van der Waals surface area contributed by atoms with Crippen molar-refractivity contribution in [3.05, 3.63) is 70.3 Å². The molecular formula is C14H13NO3S. The van der Waals surface area contributed by atoms with E-state index in [1.165, 1.54) is 11.6 Å². The molecule has 0 unspecified atom stereocenters. The van der Waals surface area contributed by atoms with E-state index < -0.39 is 4.92 Å². The van der Waals surface area contributed by atoms with Crippen molar-refractivity contribution in [1.29, 1.82) is 0 Å². The lowest BCUT2D eigenvalue weighted by Gasteiger charge is -2.03. The monoisotopic (exact) mass is 275 g/mol. The Labute approximate surface area is 115 Å². The zero-order valence-electron chi connectivity index (χ0n) is 10.2. The first-order chi connectivity index (χ1) is 9.27. The molecule has 0 N–H and O–H groups in total. The molecule has 0 fully saturated rings. The van der Waals surface area contributed by atoms with Crippen molar-refractivity contribution in [1.82, 2.24) is 0 Å². The fourth-order valence-corrected chi connectivity index (χ4v) is 2.24. The van der Waals surface area contributed by atoms with Gasteiger partial charge in [-0.25, -0.2) is 0 Å². The van der Waals surface area contributed by atoms with Crippen LogP contribution < -0.4 is 0 Å². The molecule has 2 rings (SSSR count). The Morgan fingerprint density at radius 2 is 1.74 bits per heavy atom. The third-order valence-corrected chi connectivity index (χ3v) is 3.34. The molecule has 0 aromatic heterocycles. The molecule has 0 radical (unpaired) electrons. The summed E-state index contributed by atoms with van der Waals surface area (Å²) in [4.78, 5) is 10.9. The summed E-state index contributed by atoms with van der Waals surface area (Å²) >= 11 is 1.05. The second-order valence-electron chi connectivity index (χ2n) is 3.87. The van der Waals surface area contributed by atoms with Crippen molar-refractivity contribution >= 4 is 17.7 Å². The Kier molecular flexibility index (Phi) is 4.94. The van der Waals surface area contributed by atoms with Crippen LogP contribution in [0.1, 0.15) is 5.56 Å². The van der Waals surface area contributed by atoms with Crippen molar-refractivity contribution < 1.29 is 9.11 Å². The number of hydrogen-bond donors (Lipinski definition) is 0. The predicted octanol–water partition coefficient (Wildman–Crippen LogP) is 3.86. The molecule has 0 aliphatic carbocycles. The molecule has 5 heteroatoms. The lowest BCUT2D eigenvalue weighted by molar-refractivity contribution is -0.387. The van der Waals surface area contributed by atoms with Crippen molar-refractivity contribution in [2.24, 2.45) is 0 Å². The van der Waals surface area contributed by atoms with Crippen molar-refractivity contribution in [2.45, 2.75) is 11.3 Å². The van der Waals surface area contributed by atoms with Crippen LogP contribution in [0, 0.1) is 10.1 Å². The van der Waals surface area contributed by atoms with Gasteiger partial charge < -0.3 is 4.18 Å². The Balaban J connectivity index is 1.85. The van der Waals surface area contributed by atoms with Gasteiger partial charge in [-0.1, -0.05) is 42.5 Å². The van der Waals surface area contributed by atoms with Crippen LogP contribution in [-0.2, 0) is 10.6 Å². The van der Waals surface area contributed by atoms with Gasteiger partial charge in [0.1, 0.15) is 4.90 Å². The first-order valence-corrected chi connectivity index (χ1v) is 6.58. The van der Waals surface area contributed by atoms with E-state index in [0.717, 1.165) is 18.5 Å². The highest BCUT2D eigenvalue weighted by Crippen LogP contribution is 2.29. The second kappa shape index (κ2) is 6.92. The van der Waals surface area contributed by atoms with Gasteiger partial charge in [-0.3, -0.25) is 10.1 Å². The van der Waals surface area contributed by atoms with Gasteiger partial charge in [0.2, 0.25) is 0 Å². The Morgan fingerprint density at radius 3 is 2.47 bits per heavy atom. The van der Waals surface area contributed by atoms with Crippen molar-refractivity contribution in [3.8, 4) is 0 Å². The minimum absolute atomic E-state index is 0.0761. The van der Waals surface area contributed by atoms with Gasteiger partial charge in [0.05, 0.1) is 11.5 Å². The Hall–Kier alpha value is -1.85. The number of para-hydroxylation sites is 1. The fraction of sp³-hybridized carbons (Fsp3) is 0.143. The molecule has 2 aromatic carbocycles. The van der Waals surface area contributed by atoms with E-state index in [2.05, 4.69) is 0 Å². The molecule has 4 nitrogen and oxygen atoms in total. The SMILES string of the molecule is O=[N+]([O-])c1ccccc1SOCCc1ccccc1. The van der Waals surface area contributed by atoms with E-state index in [4.69, 9.17) is 4.18 Å². The van der Waals surface area contributed by atoms with Crippen LogP contribution in [0.2, 0.25) is 0 Å². The molecule has 19 heavy (non-hydrogen) atoms. The molecule has 0 atom stereocenters. The first-order valence-electron chi connectivity index (χ1n) is 5.84. The van der Waals surface area contributed by atoms with E-state index in [0.29, 0.717) is 11.5 Å².